The molecule has 0 aliphatic carbocycles. The van der Waals surface area contributed by atoms with Gasteiger partial charge < -0.3 is 8.98 Å². The molecule has 1 aromatic carbocycles. The highest BCUT2D eigenvalue weighted by atomic mass is 16.4. The van der Waals surface area contributed by atoms with Gasteiger partial charge in [0.05, 0.1) is 5.39 Å². The first kappa shape index (κ1) is 16.3. The van der Waals surface area contributed by atoms with Crippen LogP contribution in [0.15, 0.2) is 45.6 Å². The fraction of sp³-hybridized carbons (Fsp3) is 0.263. The Morgan fingerprint density at radius 3 is 2.46 bits per heavy atom. The fourth-order valence-corrected chi connectivity index (χ4v) is 3.01. The number of rotatable bonds is 4. The molecule has 3 aromatic heterocycles. The summed E-state index contributed by atoms with van der Waals surface area (Å²) in [4.78, 5) is 12.6. The van der Waals surface area contributed by atoms with Gasteiger partial charge in [0.15, 0.2) is 5.69 Å². The van der Waals surface area contributed by atoms with Crippen molar-refractivity contribution < 1.29 is 4.42 Å². The Balaban J connectivity index is 1.91. The van der Waals surface area contributed by atoms with Gasteiger partial charge in [0, 0.05) is 24.7 Å². The Kier molecular flexibility index (Phi) is 3.91. The van der Waals surface area contributed by atoms with Gasteiger partial charge in [-0.2, -0.15) is 5.10 Å². The topological polar surface area (TPSA) is 78.7 Å². The number of benzene rings is 1. The Bertz CT molecular complexity index is 1150. The molecule has 0 unspecified atom stereocenters. The average Bonchev–Trinajstić information content (AvgIpc) is 3.25. The molecule has 0 fully saturated rings. The number of nitrogens with zero attached hydrogens (tertiary/aromatic N) is 5. The van der Waals surface area contributed by atoms with E-state index in [0.717, 1.165) is 17.8 Å². The minimum absolute atomic E-state index is 0.107. The molecule has 0 saturated carbocycles. The highest BCUT2D eigenvalue weighted by molar-refractivity contribution is 5.91. The van der Waals surface area contributed by atoms with Crippen LogP contribution >= 0.6 is 0 Å². The summed E-state index contributed by atoms with van der Waals surface area (Å²) in [6.45, 7) is 4.55. The van der Waals surface area contributed by atoms with Crippen LogP contribution in [0.2, 0.25) is 0 Å². The monoisotopic (exact) mass is 349 g/mol. The largest absolute Gasteiger partial charge is 0.413 e. The smallest absolute Gasteiger partial charge is 0.274 e. The van der Waals surface area contributed by atoms with E-state index in [1.54, 1.807) is 6.07 Å². The van der Waals surface area contributed by atoms with Crippen LogP contribution in [-0.4, -0.2) is 24.5 Å². The van der Waals surface area contributed by atoms with E-state index in [4.69, 9.17) is 4.42 Å². The SMILES string of the molecule is CCCn1nc(-c2nnc(-c3ccc(C)n3C)o2)c2ccccc2c1=O. The number of aryl methyl sites for hydroxylation is 2. The molecule has 26 heavy (non-hydrogen) atoms. The third-order valence-corrected chi connectivity index (χ3v) is 4.52. The number of aromatic nitrogens is 5. The number of fused-ring (bicyclic) bond motifs is 1. The summed E-state index contributed by atoms with van der Waals surface area (Å²) < 4.78 is 9.36. The van der Waals surface area contributed by atoms with E-state index in [-0.39, 0.29) is 5.56 Å². The summed E-state index contributed by atoms with van der Waals surface area (Å²) >= 11 is 0. The zero-order valence-corrected chi connectivity index (χ0v) is 14.9. The summed E-state index contributed by atoms with van der Waals surface area (Å²) in [5.74, 6) is 0.731. The van der Waals surface area contributed by atoms with Crippen molar-refractivity contribution in [2.75, 3.05) is 0 Å². The Morgan fingerprint density at radius 1 is 1.04 bits per heavy atom. The maximum Gasteiger partial charge on any atom is 0.274 e. The van der Waals surface area contributed by atoms with Gasteiger partial charge in [-0.25, -0.2) is 4.68 Å². The highest BCUT2D eigenvalue weighted by Gasteiger charge is 2.19. The van der Waals surface area contributed by atoms with E-state index in [1.165, 1.54) is 4.68 Å². The Morgan fingerprint density at radius 2 is 1.77 bits per heavy atom. The van der Waals surface area contributed by atoms with Crippen molar-refractivity contribution in [2.24, 2.45) is 7.05 Å². The van der Waals surface area contributed by atoms with Crippen LogP contribution in [0.3, 0.4) is 0 Å². The molecule has 0 amide bonds. The summed E-state index contributed by atoms with van der Waals surface area (Å²) in [5, 5.41) is 14.2. The summed E-state index contributed by atoms with van der Waals surface area (Å²) in [5.41, 5.74) is 2.36. The molecule has 0 aliphatic rings. The van der Waals surface area contributed by atoms with Gasteiger partial charge in [0.2, 0.25) is 0 Å². The summed E-state index contributed by atoms with van der Waals surface area (Å²) in [7, 11) is 1.95. The highest BCUT2D eigenvalue weighted by Crippen LogP contribution is 2.27. The van der Waals surface area contributed by atoms with Crippen molar-refractivity contribution in [1.82, 2.24) is 24.5 Å². The van der Waals surface area contributed by atoms with E-state index in [1.807, 2.05) is 55.8 Å². The lowest BCUT2D eigenvalue weighted by Gasteiger charge is -2.07. The third-order valence-electron chi connectivity index (χ3n) is 4.52. The van der Waals surface area contributed by atoms with Crippen molar-refractivity contribution in [2.45, 2.75) is 26.8 Å². The van der Waals surface area contributed by atoms with Crippen molar-refractivity contribution in [1.29, 1.82) is 0 Å². The van der Waals surface area contributed by atoms with Crippen LogP contribution in [0, 0.1) is 6.92 Å². The lowest BCUT2D eigenvalue weighted by Crippen LogP contribution is -2.23. The Labute approximate surface area is 149 Å². The van der Waals surface area contributed by atoms with Crippen molar-refractivity contribution in [3.8, 4) is 23.2 Å². The standard InChI is InChI=1S/C19H19N5O2/c1-4-11-24-19(25)14-8-6-5-7-13(14)16(22-24)18-21-20-17(26-18)15-10-9-12(2)23(15)3/h5-10H,4,11H2,1-3H3. The van der Waals surface area contributed by atoms with Gasteiger partial charge in [-0.3, -0.25) is 4.79 Å². The molecule has 0 atom stereocenters. The second-order valence-electron chi connectivity index (χ2n) is 6.25. The van der Waals surface area contributed by atoms with E-state index >= 15 is 0 Å². The molecule has 132 valence electrons. The molecule has 4 aromatic rings. The average molecular weight is 349 g/mol. The second-order valence-corrected chi connectivity index (χ2v) is 6.25. The molecule has 3 heterocycles. The van der Waals surface area contributed by atoms with Gasteiger partial charge in [0.1, 0.15) is 5.69 Å². The molecule has 7 nitrogen and oxygen atoms in total. The van der Waals surface area contributed by atoms with Crippen LogP contribution in [0.4, 0.5) is 0 Å². The zero-order chi connectivity index (χ0) is 18.3. The van der Waals surface area contributed by atoms with Crippen LogP contribution in [0.5, 0.6) is 0 Å². The molecule has 4 rings (SSSR count). The lowest BCUT2D eigenvalue weighted by molar-refractivity contribution is 0.552. The molecule has 0 saturated heterocycles. The molecular weight excluding hydrogens is 330 g/mol. The first-order valence-corrected chi connectivity index (χ1v) is 8.56. The van der Waals surface area contributed by atoms with E-state index < -0.39 is 0 Å². The maximum absolute atomic E-state index is 12.6. The lowest BCUT2D eigenvalue weighted by atomic mass is 10.1. The van der Waals surface area contributed by atoms with Crippen LogP contribution in [0.1, 0.15) is 19.0 Å². The Hall–Kier alpha value is -3.22. The van der Waals surface area contributed by atoms with Crippen LogP contribution < -0.4 is 5.56 Å². The van der Waals surface area contributed by atoms with Gasteiger partial charge in [-0.05, 0) is 31.5 Å². The molecule has 7 heteroatoms. The minimum Gasteiger partial charge on any atom is -0.413 e. The predicted octanol–water partition coefficient (Wildman–Crippen LogP) is 3.17. The van der Waals surface area contributed by atoms with Gasteiger partial charge >= 0.3 is 0 Å². The van der Waals surface area contributed by atoms with E-state index in [2.05, 4.69) is 15.3 Å². The fourth-order valence-electron chi connectivity index (χ4n) is 3.01. The first-order chi connectivity index (χ1) is 12.6. The van der Waals surface area contributed by atoms with E-state index in [0.29, 0.717) is 34.8 Å². The normalized spacial score (nSPS) is 11.3. The summed E-state index contributed by atoms with van der Waals surface area (Å²) in [6.07, 6.45) is 0.808. The molecule has 0 N–H and O–H groups in total. The van der Waals surface area contributed by atoms with Gasteiger partial charge in [0.25, 0.3) is 17.3 Å². The third kappa shape index (κ3) is 2.52. The van der Waals surface area contributed by atoms with Crippen molar-refractivity contribution in [3.05, 3.63) is 52.4 Å². The molecule has 0 bridgehead atoms. The van der Waals surface area contributed by atoms with Crippen LogP contribution in [-0.2, 0) is 13.6 Å². The molecule has 0 aliphatic heterocycles. The molecule has 0 radical (unpaired) electrons. The number of hydrogen-bond acceptors (Lipinski definition) is 5. The van der Waals surface area contributed by atoms with E-state index in [9.17, 15) is 4.79 Å². The zero-order valence-electron chi connectivity index (χ0n) is 14.9. The first-order valence-electron chi connectivity index (χ1n) is 8.56. The second kappa shape index (κ2) is 6.25. The van der Waals surface area contributed by atoms with Crippen LogP contribution in [0.25, 0.3) is 33.9 Å². The molecule has 0 spiro atoms. The minimum atomic E-state index is -0.107. The van der Waals surface area contributed by atoms with Crippen molar-refractivity contribution >= 4 is 10.8 Å². The number of hydrogen-bond donors (Lipinski definition) is 0. The van der Waals surface area contributed by atoms with Gasteiger partial charge in [-0.1, -0.05) is 25.1 Å². The maximum atomic E-state index is 12.6. The predicted molar refractivity (Wildman–Crippen MR) is 98.7 cm³/mol. The van der Waals surface area contributed by atoms with Crippen molar-refractivity contribution in [3.63, 3.8) is 0 Å². The molecular formula is C19H19N5O2. The summed E-state index contributed by atoms with van der Waals surface area (Å²) in [6, 6.07) is 11.3. The van der Waals surface area contributed by atoms with Gasteiger partial charge in [-0.15, -0.1) is 10.2 Å². The quantitative estimate of drug-likeness (QED) is 0.565.